The van der Waals surface area contributed by atoms with Crippen LogP contribution in [0.25, 0.3) is 10.9 Å². The minimum Gasteiger partial charge on any atom is -0.381 e. The van der Waals surface area contributed by atoms with E-state index in [1.165, 1.54) is 4.31 Å². The lowest BCUT2D eigenvalue weighted by molar-refractivity contribution is 0.0605. The van der Waals surface area contributed by atoms with Gasteiger partial charge < -0.3 is 4.74 Å². The number of hydrogen-bond donors (Lipinski definition) is 0. The smallest absolute Gasteiger partial charge is 0.265 e. The zero-order valence-corrected chi connectivity index (χ0v) is 20.8. The summed E-state index contributed by atoms with van der Waals surface area (Å²) in [6.07, 6.45) is 5.59. The van der Waals surface area contributed by atoms with E-state index in [4.69, 9.17) is 4.74 Å². The SMILES string of the molecule is CC(C)CN(c1ccc(C(C)C)cn1)S(=O)(=O)c1ccc2c(cnn2CC2CCOCC2)c1. The Balaban J connectivity index is 1.64. The Labute approximate surface area is 196 Å². The summed E-state index contributed by atoms with van der Waals surface area (Å²) < 4.78 is 36.3. The van der Waals surface area contributed by atoms with Gasteiger partial charge in [0.2, 0.25) is 0 Å². The van der Waals surface area contributed by atoms with Crippen molar-refractivity contribution in [3.63, 3.8) is 0 Å². The molecule has 1 aromatic carbocycles. The molecular formula is C25H34N4O3S. The fourth-order valence-corrected chi connectivity index (χ4v) is 5.82. The fraction of sp³-hybridized carbons (Fsp3) is 0.520. The predicted octanol–water partition coefficient (Wildman–Crippen LogP) is 4.83. The Morgan fingerprint density at radius 1 is 1.09 bits per heavy atom. The number of sulfonamides is 1. The molecule has 1 aliphatic heterocycles. The second-order valence-corrected chi connectivity index (χ2v) is 11.5. The summed E-state index contributed by atoms with van der Waals surface area (Å²) in [5.41, 5.74) is 2.04. The molecule has 0 bridgehead atoms. The highest BCUT2D eigenvalue weighted by Crippen LogP contribution is 2.28. The summed E-state index contributed by atoms with van der Waals surface area (Å²) in [5, 5.41) is 5.37. The molecule has 4 rings (SSSR count). The molecule has 3 heterocycles. The van der Waals surface area contributed by atoms with E-state index in [1.807, 2.05) is 30.7 Å². The number of ether oxygens (including phenoxy) is 1. The molecule has 0 saturated carbocycles. The topological polar surface area (TPSA) is 77.3 Å². The highest BCUT2D eigenvalue weighted by atomic mass is 32.2. The number of anilines is 1. The van der Waals surface area contributed by atoms with Gasteiger partial charge in [-0.05, 0) is 60.4 Å². The van der Waals surface area contributed by atoms with Gasteiger partial charge in [-0.15, -0.1) is 0 Å². The molecule has 0 amide bonds. The molecule has 1 aliphatic rings. The summed E-state index contributed by atoms with van der Waals surface area (Å²) >= 11 is 0. The van der Waals surface area contributed by atoms with Crippen molar-refractivity contribution < 1.29 is 13.2 Å². The van der Waals surface area contributed by atoms with Gasteiger partial charge in [0.15, 0.2) is 0 Å². The normalized spacial score (nSPS) is 15.6. The number of aromatic nitrogens is 3. The molecule has 33 heavy (non-hydrogen) atoms. The standard InChI is InChI=1S/C25H34N4O3S/c1-18(2)16-29(25-8-5-21(14-26-25)19(3)4)33(30,31)23-6-7-24-22(13-23)15-27-28(24)17-20-9-11-32-12-10-20/h5-8,13-15,18-20H,9-12,16-17H2,1-4H3. The molecule has 0 spiro atoms. The first-order valence-electron chi connectivity index (χ1n) is 11.8. The van der Waals surface area contributed by atoms with E-state index in [9.17, 15) is 8.42 Å². The lowest BCUT2D eigenvalue weighted by Gasteiger charge is -2.25. The van der Waals surface area contributed by atoms with Gasteiger partial charge in [-0.1, -0.05) is 33.8 Å². The molecule has 0 N–H and O–H groups in total. The van der Waals surface area contributed by atoms with Crippen molar-refractivity contribution in [2.24, 2.45) is 11.8 Å². The van der Waals surface area contributed by atoms with Crippen molar-refractivity contribution in [3.8, 4) is 0 Å². The Bertz CT molecular complexity index is 1180. The summed E-state index contributed by atoms with van der Waals surface area (Å²) in [4.78, 5) is 4.76. The molecule has 0 unspecified atom stereocenters. The number of hydrogen-bond acceptors (Lipinski definition) is 5. The maximum Gasteiger partial charge on any atom is 0.265 e. The second kappa shape index (κ2) is 9.81. The van der Waals surface area contributed by atoms with Crippen LogP contribution in [0.5, 0.6) is 0 Å². The van der Waals surface area contributed by atoms with Crippen molar-refractivity contribution in [1.82, 2.24) is 14.8 Å². The minimum atomic E-state index is -3.77. The quantitative estimate of drug-likeness (QED) is 0.471. The van der Waals surface area contributed by atoms with Crippen LogP contribution in [0.15, 0.2) is 47.6 Å². The van der Waals surface area contributed by atoms with Crippen LogP contribution in [-0.4, -0.2) is 42.9 Å². The van der Waals surface area contributed by atoms with Crippen molar-refractivity contribution in [2.45, 2.75) is 57.9 Å². The second-order valence-electron chi connectivity index (χ2n) is 9.64. The summed E-state index contributed by atoms with van der Waals surface area (Å²) in [6.45, 7) is 11.0. The molecule has 0 aliphatic carbocycles. The Morgan fingerprint density at radius 2 is 1.85 bits per heavy atom. The Kier molecular flexibility index (Phi) is 7.05. The molecular weight excluding hydrogens is 436 g/mol. The van der Waals surface area contributed by atoms with Crippen LogP contribution in [0.2, 0.25) is 0 Å². The van der Waals surface area contributed by atoms with E-state index in [1.54, 1.807) is 30.6 Å². The van der Waals surface area contributed by atoms with E-state index in [2.05, 4.69) is 23.9 Å². The summed E-state index contributed by atoms with van der Waals surface area (Å²) in [7, 11) is -3.77. The van der Waals surface area contributed by atoms with Crippen molar-refractivity contribution in [2.75, 3.05) is 24.1 Å². The highest BCUT2D eigenvalue weighted by molar-refractivity contribution is 7.92. The van der Waals surface area contributed by atoms with Gasteiger partial charge in [-0.25, -0.2) is 17.7 Å². The van der Waals surface area contributed by atoms with E-state index in [-0.39, 0.29) is 10.8 Å². The zero-order valence-electron chi connectivity index (χ0n) is 19.9. The molecule has 1 saturated heterocycles. The minimum absolute atomic E-state index is 0.150. The third kappa shape index (κ3) is 5.22. The van der Waals surface area contributed by atoms with Gasteiger partial charge in [0.05, 0.1) is 16.6 Å². The van der Waals surface area contributed by atoms with Gasteiger partial charge in [0, 0.05) is 37.9 Å². The van der Waals surface area contributed by atoms with E-state index in [0.29, 0.717) is 24.2 Å². The number of pyridine rings is 1. The maximum absolute atomic E-state index is 13.7. The van der Waals surface area contributed by atoms with Gasteiger partial charge in [0.1, 0.15) is 5.82 Å². The van der Waals surface area contributed by atoms with Crippen molar-refractivity contribution >= 4 is 26.7 Å². The van der Waals surface area contributed by atoms with E-state index >= 15 is 0 Å². The fourth-order valence-electron chi connectivity index (χ4n) is 4.20. The molecule has 2 aromatic heterocycles. The monoisotopic (exact) mass is 470 g/mol. The van der Waals surface area contributed by atoms with Gasteiger partial charge in [0.25, 0.3) is 10.0 Å². The first-order valence-corrected chi connectivity index (χ1v) is 13.2. The highest BCUT2D eigenvalue weighted by Gasteiger charge is 2.27. The molecule has 0 radical (unpaired) electrons. The largest absolute Gasteiger partial charge is 0.381 e. The molecule has 1 fully saturated rings. The van der Waals surface area contributed by atoms with Crippen LogP contribution < -0.4 is 4.31 Å². The van der Waals surface area contributed by atoms with Crippen LogP contribution in [-0.2, 0) is 21.3 Å². The third-order valence-corrected chi connectivity index (χ3v) is 7.96. The van der Waals surface area contributed by atoms with Gasteiger partial charge >= 0.3 is 0 Å². The average molecular weight is 471 g/mol. The van der Waals surface area contributed by atoms with Crippen molar-refractivity contribution in [1.29, 1.82) is 0 Å². The molecule has 178 valence electrons. The molecule has 7 nitrogen and oxygen atoms in total. The number of fused-ring (bicyclic) bond motifs is 1. The lowest BCUT2D eigenvalue weighted by Crippen LogP contribution is -2.35. The van der Waals surface area contributed by atoms with E-state index in [0.717, 1.165) is 49.1 Å². The number of rotatable bonds is 8. The van der Waals surface area contributed by atoms with Crippen LogP contribution >= 0.6 is 0 Å². The number of benzene rings is 1. The first kappa shape index (κ1) is 23.7. The maximum atomic E-state index is 13.7. The van der Waals surface area contributed by atoms with Crippen molar-refractivity contribution in [3.05, 3.63) is 48.3 Å². The van der Waals surface area contributed by atoms with Gasteiger partial charge in [-0.3, -0.25) is 4.68 Å². The van der Waals surface area contributed by atoms with Crippen LogP contribution in [0.4, 0.5) is 5.82 Å². The first-order chi connectivity index (χ1) is 15.8. The Hall–Kier alpha value is -2.45. The number of nitrogens with zero attached hydrogens (tertiary/aromatic N) is 4. The lowest BCUT2D eigenvalue weighted by atomic mass is 10.0. The summed E-state index contributed by atoms with van der Waals surface area (Å²) in [6, 6.07) is 9.06. The predicted molar refractivity (Wildman–Crippen MR) is 131 cm³/mol. The van der Waals surface area contributed by atoms with Crippen LogP contribution in [0.1, 0.15) is 52.0 Å². The van der Waals surface area contributed by atoms with E-state index < -0.39 is 10.0 Å². The molecule has 3 aromatic rings. The molecule has 0 atom stereocenters. The van der Waals surface area contributed by atoms with Gasteiger partial charge in [-0.2, -0.15) is 5.10 Å². The van der Waals surface area contributed by atoms with Crippen LogP contribution in [0, 0.1) is 11.8 Å². The average Bonchev–Trinajstić information content (AvgIpc) is 3.20. The molecule has 8 heteroatoms. The summed E-state index contributed by atoms with van der Waals surface area (Å²) in [5.74, 6) is 1.47. The zero-order chi connectivity index (χ0) is 23.6. The van der Waals surface area contributed by atoms with Crippen LogP contribution in [0.3, 0.4) is 0 Å². The Morgan fingerprint density at radius 3 is 2.48 bits per heavy atom. The third-order valence-electron chi connectivity index (χ3n) is 6.20.